The zero-order valence-electron chi connectivity index (χ0n) is 17.8. The molecular weight excluding hydrogens is 462 g/mol. The highest BCUT2D eigenvalue weighted by molar-refractivity contribution is 8.18. The van der Waals surface area contributed by atoms with Crippen LogP contribution in [0.25, 0.3) is 17.2 Å². The molecule has 9 heteroatoms. The average molecular weight is 480 g/mol. The number of aliphatic carboxylic acids is 1. The van der Waals surface area contributed by atoms with Gasteiger partial charge in [-0.05, 0) is 70.9 Å². The SMILES string of the molecule is COc1ccc(-c2cc(F)cc(F)c2)cc1C=C1SC(Nc2ccc(CC(=O)O)cc2)=NC1=O. The molecule has 0 radical (unpaired) electrons. The number of halogens is 2. The van der Waals surface area contributed by atoms with Crippen molar-refractivity contribution >= 4 is 40.6 Å². The molecule has 0 saturated heterocycles. The van der Waals surface area contributed by atoms with Crippen LogP contribution in [0, 0.1) is 11.6 Å². The summed E-state index contributed by atoms with van der Waals surface area (Å²) in [6, 6.07) is 15.0. The Labute approximate surface area is 198 Å². The van der Waals surface area contributed by atoms with Gasteiger partial charge in [0.05, 0.1) is 18.4 Å². The molecule has 1 amide bonds. The number of carboxylic acids is 1. The van der Waals surface area contributed by atoms with E-state index in [4.69, 9.17) is 9.84 Å². The van der Waals surface area contributed by atoms with Crippen LogP contribution in [0.1, 0.15) is 11.1 Å². The molecule has 34 heavy (non-hydrogen) atoms. The van der Waals surface area contributed by atoms with E-state index in [-0.39, 0.29) is 6.42 Å². The number of ether oxygens (including phenoxy) is 1. The lowest BCUT2D eigenvalue weighted by Gasteiger charge is -2.09. The molecular formula is C25H18F2N2O4S. The lowest BCUT2D eigenvalue weighted by molar-refractivity contribution is -0.136. The van der Waals surface area contributed by atoms with Crippen LogP contribution in [-0.4, -0.2) is 29.3 Å². The van der Waals surface area contributed by atoms with Gasteiger partial charge in [0.15, 0.2) is 5.17 Å². The van der Waals surface area contributed by atoms with Crippen molar-refractivity contribution in [2.24, 2.45) is 4.99 Å². The van der Waals surface area contributed by atoms with Gasteiger partial charge in [-0.25, -0.2) is 8.78 Å². The summed E-state index contributed by atoms with van der Waals surface area (Å²) in [4.78, 5) is 27.6. The second kappa shape index (κ2) is 9.88. The van der Waals surface area contributed by atoms with Crippen LogP contribution in [0.15, 0.2) is 70.6 Å². The van der Waals surface area contributed by atoms with Crippen molar-refractivity contribution < 1.29 is 28.2 Å². The number of methoxy groups -OCH3 is 1. The average Bonchev–Trinajstić information content (AvgIpc) is 3.12. The molecule has 0 aliphatic carbocycles. The second-order valence-electron chi connectivity index (χ2n) is 7.34. The van der Waals surface area contributed by atoms with E-state index in [0.717, 1.165) is 17.8 Å². The third-order valence-electron chi connectivity index (χ3n) is 4.89. The smallest absolute Gasteiger partial charge is 0.307 e. The van der Waals surface area contributed by atoms with E-state index >= 15 is 0 Å². The number of anilines is 1. The van der Waals surface area contributed by atoms with E-state index in [2.05, 4.69) is 10.3 Å². The molecule has 0 bridgehead atoms. The number of thioether (sulfide) groups is 1. The van der Waals surface area contributed by atoms with Crippen LogP contribution in [0.4, 0.5) is 14.5 Å². The van der Waals surface area contributed by atoms with Crippen molar-refractivity contribution in [1.29, 1.82) is 0 Å². The summed E-state index contributed by atoms with van der Waals surface area (Å²) in [5.41, 5.74) is 2.77. The minimum Gasteiger partial charge on any atom is -0.496 e. The maximum absolute atomic E-state index is 13.7. The molecule has 6 nitrogen and oxygen atoms in total. The quantitative estimate of drug-likeness (QED) is 0.463. The fourth-order valence-electron chi connectivity index (χ4n) is 3.36. The standard InChI is InChI=1S/C25H18F2N2O4S/c1-33-21-7-4-15(16-10-18(26)13-19(27)11-16)9-17(21)12-22-24(32)29-25(34-22)28-20-5-2-14(3-6-20)8-23(30)31/h2-7,9-13H,8H2,1H3,(H,30,31)(H,28,29,32). The predicted octanol–water partition coefficient (Wildman–Crippen LogP) is 5.35. The first-order valence-electron chi connectivity index (χ1n) is 10.1. The molecule has 3 aromatic rings. The first-order chi connectivity index (χ1) is 16.3. The largest absolute Gasteiger partial charge is 0.496 e. The number of nitrogens with zero attached hydrogens (tertiary/aromatic N) is 1. The molecule has 172 valence electrons. The number of hydrogen-bond donors (Lipinski definition) is 2. The number of amidine groups is 1. The Kier molecular flexibility index (Phi) is 6.74. The number of nitrogens with one attached hydrogen (secondary N) is 1. The zero-order valence-corrected chi connectivity index (χ0v) is 18.7. The Morgan fingerprint density at radius 1 is 1.06 bits per heavy atom. The Hall–Kier alpha value is -3.98. The first kappa shape index (κ1) is 23.2. The number of benzene rings is 3. The summed E-state index contributed by atoms with van der Waals surface area (Å²) in [6.07, 6.45) is 1.53. The van der Waals surface area contributed by atoms with E-state index in [1.54, 1.807) is 48.5 Å². The van der Waals surface area contributed by atoms with Crippen molar-refractivity contribution in [3.63, 3.8) is 0 Å². The van der Waals surface area contributed by atoms with Crippen molar-refractivity contribution in [3.8, 4) is 16.9 Å². The maximum Gasteiger partial charge on any atom is 0.307 e. The molecule has 1 aliphatic heterocycles. The van der Waals surface area contributed by atoms with E-state index in [0.29, 0.717) is 43.8 Å². The monoisotopic (exact) mass is 480 g/mol. The van der Waals surface area contributed by atoms with Crippen LogP contribution in [0.2, 0.25) is 0 Å². The van der Waals surface area contributed by atoms with Gasteiger partial charge in [0.2, 0.25) is 0 Å². The Balaban J connectivity index is 1.55. The van der Waals surface area contributed by atoms with Gasteiger partial charge in [-0.2, -0.15) is 4.99 Å². The Morgan fingerprint density at radius 3 is 2.41 bits per heavy atom. The Morgan fingerprint density at radius 2 is 1.76 bits per heavy atom. The normalized spacial score (nSPS) is 14.3. The van der Waals surface area contributed by atoms with Crippen LogP contribution in [-0.2, 0) is 16.0 Å². The summed E-state index contributed by atoms with van der Waals surface area (Å²) < 4.78 is 32.7. The molecule has 1 heterocycles. The molecule has 0 fully saturated rings. The minimum absolute atomic E-state index is 0.0789. The highest BCUT2D eigenvalue weighted by Crippen LogP contribution is 2.34. The van der Waals surface area contributed by atoms with E-state index < -0.39 is 23.5 Å². The van der Waals surface area contributed by atoms with Gasteiger partial charge >= 0.3 is 5.97 Å². The van der Waals surface area contributed by atoms with E-state index in [1.807, 2.05) is 0 Å². The van der Waals surface area contributed by atoms with Gasteiger partial charge in [-0.1, -0.05) is 18.2 Å². The summed E-state index contributed by atoms with van der Waals surface area (Å²) in [5, 5.41) is 12.3. The number of carbonyl (C=O) groups excluding carboxylic acids is 1. The summed E-state index contributed by atoms with van der Waals surface area (Å²) in [6.45, 7) is 0. The van der Waals surface area contributed by atoms with Gasteiger partial charge in [0.25, 0.3) is 5.91 Å². The topological polar surface area (TPSA) is 88.0 Å². The van der Waals surface area contributed by atoms with E-state index in [1.165, 1.54) is 19.2 Å². The van der Waals surface area contributed by atoms with Crippen LogP contribution < -0.4 is 10.1 Å². The molecule has 0 aromatic heterocycles. The third-order valence-corrected chi connectivity index (χ3v) is 5.79. The fraction of sp³-hybridized carbons (Fsp3) is 0.0800. The van der Waals surface area contributed by atoms with Gasteiger partial charge in [-0.3, -0.25) is 9.59 Å². The number of amides is 1. The van der Waals surface area contributed by atoms with Crippen LogP contribution in [0.3, 0.4) is 0 Å². The number of hydrogen-bond acceptors (Lipinski definition) is 5. The van der Waals surface area contributed by atoms with Crippen molar-refractivity contribution in [2.75, 3.05) is 12.4 Å². The van der Waals surface area contributed by atoms with E-state index in [9.17, 15) is 18.4 Å². The van der Waals surface area contributed by atoms with Crippen molar-refractivity contribution in [2.45, 2.75) is 6.42 Å². The summed E-state index contributed by atoms with van der Waals surface area (Å²) in [5.74, 6) is -2.25. The number of carboxylic acid groups (broad SMARTS) is 1. The van der Waals surface area contributed by atoms with Gasteiger partial charge in [-0.15, -0.1) is 0 Å². The fourth-order valence-corrected chi connectivity index (χ4v) is 4.18. The highest BCUT2D eigenvalue weighted by Gasteiger charge is 2.23. The number of carbonyl (C=O) groups is 2. The molecule has 0 atom stereocenters. The maximum atomic E-state index is 13.7. The van der Waals surface area contributed by atoms with Crippen LogP contribution in [0.5, 0.6) is 5.75 Å². The molecule has 4 rings (SSSR count). The molecule has 0 unspecified atom stereocenters. The molecule has 1 aliphatic rings. The molecule has 0 saturated carbocycles. The predicted molar refractivity (Wildman–Crippen MR) is 128 cm³/mol. The van der Waals surface area contributed by atoms with Crippen molar-refractivity contribution in [1.82, 2.24) is 0 Å². The first-order valence-corrected chi connectivity index (χ1v) is 10.9. The van der Waals surface area contributed by atoms with Gasteiger partial charge < -0.3 is 15.2 Å². The number of aliphatic imine (C=N–C) groups is 1. The molecule has 3 aromatic carbocycles. The summed E-state index contributed by atoms with van der Waals surface area (Å²) >= 11 is 1.13. The lowest BCUT2D eigenvalue weighted by Crippen LogP contribution is -2.05. The zero-order chi connectivity index (χ0) is 24.2. The minimum atomic E-state index is -0.918. The van der Waals surface area contributed by atoms with Gasteiger partial charge in [0.1, 0.15) is 17.4 Å². The van der Waals surface area contributed by atoms with Crippen molar-refractivity contribution in [3.05, 3.63) is 88.3 Å². The second-order valence-corrected chi connectivity index (χ2v) is 8.37. The number of rotatable bonds is 6. The third kappa shape index (κ3) is 5.49. The molecule has 2 N–H and O–H groups in total. The lowest BCUT2D eigenvalue weighted by atomic mass is 10.0. The Bertz CT molecular complexity index is 1320. The molecule has 0 spiro atoms. The van der Waals surface area contributed by atoms with Crippen LogP contribution >= 0.6 is 11.8 Å². The highest BCUT2D eigenvalue weighted by atomic mass is 32.2. The van der Waals surface area contributed by atoms with Gasteiger partial charge in [0, 0.05) is 17.3 Å². The summed E-state index contributed by atoms with van der Waals surface area (Å²) in [7, 11) is 1.49.